The quantitative estimate of drug-likeness (QED) is 0.799. The van der Waals surface area contributed by atoms with Crippen molar-refractivity contribution in [1.29, 1.82) is 0 Å². The van der Waals surface area contributed by atoms with Crippen molar-refractivity contribution < 1.29 is 0 Å². The van der Waals surface area contributed by atoms with Gasteiger partial charge in [0.2, 0.25) is 0 Å². The van der Waals surface area contributed by atoms with Crippen LogP contribution in [0.15, 0.2) is 42.9 Å². The second kappa shape index (κ2) is 5.38. The summed E-state index contributed by atoms with van der Waals surface area (Å²) in [5.74, 6) is 0. The molecule has 2 nitrogen and oxygen atoms in total. The summed E-state index contributed by atoms with van der Waals surface area (Å²) in [7, 11) is 0. The fourth-order valence-electron chi connectivity index (χ4n) is 2.07. The normalized spacial score (nSPS) is 11.7. The van der Waals surface area contributed by atoms with E-state index in [1.54, 1.807) is 0 Å². The summed E-state index contributed by atoms with van der Waals surface area (Å²) < 4.78 is 2.19. The van der Waals surface area contributed by atoms with Crippen LogP contribution in [0.5, 0.6) is 0 Å². The summed E-state index contributed by atoms with van der Waals surface area (Å²) in [6.45, 7) is 7.74. The Morgan fingerprint density at radius 1 is 1.11 bits per heavy atom. The SMILES string of the molecule is CC(C)(C)Cc1cn(CCc2ccccc2)cn1. The van der Waals surface area contributed by atoms with E-state index in [1.807, 2.05) is 6.33 Å². The predicted octanol–water partition coefficient (Wildman–Crippen LogP) is 3.71. The summed E-state index contributed by atoms with van der Waals surface area (Å²) in [6, 6.07) is 10.6. The van der Waals surface area contributed by atoms with Crippen molar-refractivity contribution in [3.63, 3.8) is 0 Å². The Morgan fingerprint density at radius 2 is 1.83 bits per heavy atom. The van der Waals surface area contributed by atoms with Crippen LogP contribution in [-0.4, -0.2) is 9.55 Å². The van der Waals surface area contributed by atoms with Gasteiger partial charge in [-0.2, -0.15) is 0 Å². The molecule has 2 rings (SSSR count). The molecular formula is C16H22N2. The Hall–Kier alpha value is -1.57. The third-order valence-corrected chi connectivity index (χ3v) is 2.90. The standard InChI is InChI=1S/C16H22N2/c1-16(2,3)11-15-12-18(13-17-15)10-9-14-7-5-4-6-8-14/h4-8,12-13H,9-11H2,1-3H3. The monoisotopic (exact) mass is 242 g/mol. The van der Waals surface area contributed by atoms with Gasteiger partial charge in [-0.05, 0) is 23.8 Å². The summed E-state index contributed by atoms with van der Waals surface area (Å²) in [5.41, 5.74) is 2.87. The van der Waals surface area contributed by atoms with Crippen molar-refractivity contribution in [2.24, 2.45) is 5.41 Å². The average molecular weight is 242 g/mol. The van der Waals surface area contributed by atoms with E-state index in [2.05, 4.69) is 66.9 Å². The van der Waals surface area contributed by atoms with Gasteiger partial charge in [0, 0.05) is 12.7 Å². The summed E-state index contributed by atoms with van der Waals surface area (Å²) in [5, 5.41) is 0. The summed E-state index contributed by atoms with van der Waals surface area (Å²) in [6.07, 6.45) is 6.22. The molecule has 1 aromatic carbocycles. The lowest BCUT2D eigenvalue weighted by atomic mass is 9.91. The summed E-state index contributed by atoms with van der Waals surface area (Å²) >= 11 is 0. The van der Waals surface area contributed by atoms with Gasteiger partial charge in [0.1, 0.15) is 0 Å². The maximum atomic E-state index is 4.48. The van der Waals surface area contributed by atoms with Gasteiger partial charge in [-0.25, -0.2) is 4.98 Å². The van der Waals surface area contributed by atoms with Gasteiger partial charge in [-0.15, -0.1) is 0 Å². The van der Waals surface area contributed by atoms with Crippen LogP contribution in [0.2, 0.25) is 0 Å². The molecule has 0 bridgehead atoms. The molecular weight excluding hydrogens is 220 g/mol. The number of aromatic nitrogens is 2. The lowest BCUT2D eigenvalue weighted by molar-refractivity contribution is 0.407. The zero-order valence-corrected chi connectivity index (χ0v) is 11.6. The van der Waals surface area contributed by atoms with Crippen molar-refractivity contribution in [3.8, 4) is 0 Å². The van der Waals surface area contributed by atoms with Gasteiger partial charge in [-0.1, -0.05) is 51.1 Å². The molecule has 0 aliphatic rings. The highest BCUT2D eigenvalue weighted by Gasteiger charge is 2.12. The molecule has 0 saturated heterocycles. The first kappa shape index (κ1) is 12.9. The molecule has 1 aromatic heterocycles. The first-order chi connectivity index (χ1) is 8.53. The second-order valence-electron chi connectivity index (χ2n) is 6.08. The number of hydrogen-bond donors (Lipinski definition) is 0. The predicted molar refractivity (Wildman–Crippen MR) is 75.5 cm³/mol. The topological polar surface area (TPSA) is 17.8 Å². The number of benzene rings is 1. The largest absolute Gasteiger partial charge is 0.337 e. The van der Waals surface area contributed by atoms with E-state index in [4.69, 9.17) is 0 Å². The third-order valence-electron chi connectivity index (χ3n) is 2.90. The minimum absolute atomic E-state index is 0.304. The molecule has 2 heteroatoms. The Kier molecular flexibility index (Phi) is 3.85. The molecule has 0 radical (unpaired) electrons. The van der Waals surface area contributed by atoms with Gasteiger partial charge in [0.15, 0.2) is 0 Å². The Balaban J connectivity index is 1.91. The van der Waals surface area contributed by atoms with Crippen molar-refractivity contribution >= 4 is 0 Å². The number of aryl methyl sites for hydroxylation is 2. The maximum Gasteiger partial charge on any atom is 0.0949 e. The second-order valence-corrected chi connectivity index (χ2v) is 6.08. The molecule has 0 unspecified atom stereocenters. The minimum atomic E-state index is 0.304. The Labute approximate surface area is 110 Å². The van der Waals surface area contributed by atoms with E-state index in [9.17, 15) is 0 Å². The number of nitrogens with zero attached hydrogens (tertiary/aromatic N) is 2. The van der Waals surface area contributed by atoms with Crippen molar-refractivity contribution in [2.45, 2.75) is 40.2 Å². The van der Waals surface area contributed by atoms with E-state index in [0.29, 0.717) is 5.41 Å². The van der Waals surface area contributed by atoms with Gasteiger partial charge < -0.3 is 4.57 Å². The van der Waals surface area contributed by atoms with E-state index in [1.165, 1.54) is 11.3 Å². The van der Waals surface area contributed by atoms with Crippen LogP contribution in [0.4, 0.5) is 0 Å². The smallest absolute Gasteiger partial charge is 0.0949 e. The lowest BCUT2D eigenvalue weighted by Crippen LogP contribution is -2.09. The van der Waals surface area contributed by atoms with Crippen LogP contribution in [-0.2, 0) is 19.4 Å². The average Bonchev–Trinajstić information content (AvgIpc) is 2.73. The number of imidazole rings is 1. The Bertz CT molecular complexity index is 477. The molecule has 0 atom stereocenters. The molecule has 0 amide bonds. The molecule has 18 heavy (non-hydrogen) atoms. The van der Waals surface area contributed by atoms with Crippen LogP contribution < -0.4 is 0 Å². The highest BCUT2D eigenvalue weighted by Crippen LogP contribution is 2.19. The van der Waals surface area contributed by atoms with Gasteiger partial charge in [-0.3, -0.25) is 0 Å². The van der Waals surface area contributed by atoms with Gasteiger partial charge in [0.05, 0.1) is 12.0 Å². The van der Waals surface area contributed by atoms with Crippen LogP contribution in [0.3, 0.4) is 0 Å². The summed E-state index contributed by atoms with van der Waals surface area (Å²) in [4.78, 5) is 4.48. The van der Waals surface area contributed by atoms with Crippen LogP contribution in [0.25, 0.3) is 0 Å². The molecule has 0 aliphatic heterocycles. The van der Waals surface area contributed by atoms with Gasteiger partial charge >= 0.3 is 0 Å². The Morgan fingerprint density at radius 3 is 2.50 bits per heavy atom. The lowest BCUT2D eigenvalue weighted by Gasteiger charge is -2.15. The van der Waals surface area contributed by atoms with Crippen molar-refractivity contribution in [3.05, 3.63) is 54.1 Å². The first-order valence-corrected chi connectivity index (χ1v) is 6.57. The maximum absolute atomic E-state index is 4.48. The van der Waals surface area contributed by atoms with Crippen LogP contribution in [0.1, 0.15) is 32.0 Å². The van der Waals surface area contributed by atoms with Crippen molar-refractivity contribution in [1.82, 2.24) is 9.55 Å². The van der Waals surface area contributed by atoms with Crippen molar-refractivity contribution in [2.75, 3.05) is 0 Å². The van der Waals surface area contributed by atoms with Crippen LogP contribution >= 0.6 is 0 Å². The highest BCUT2D eigenvalue weighted by molar-refractivity contribution is 5.14. The van der Waals surface area contributed by atoms with Gasteiger partial charge in [0.25, 0.3) is 0 Å². The molecule has 0 saturated carbocycles. The highest BCUT2D eigenvalue weighted by atomic mass is 15.0. The third kappa shape index (κ3) is 4.02. The molecule has 0 aliphatic carbocycles. The minimum Gasteiger partial charge on any atom is -0.337 e. The number of rotatable bonds is 4. The fraction of sp³-hybridized carbons (Fsp3) is 0.438. The molecule has 1 heterocycles. The molecule has 2 aromatic rings. The first-order valence-electron chi connectivity index (χ1n) is 6.57. The molecule has 0 N–H and O–H groups in total. The molecule has 0 fully saturated rings. The zero-order valence-electron chi connectivity index (χ0n) is 11.6. The van der Waals surface area contributed by atoms with Crippen LogP contribution in [0, 0.1) is 5.41 Å². The molecule has 0 spiro atoms. The van der Waals surface area contributed by atoms with E-state index >= 15 is 0 Å². The number of hydrogen-bond acceptors (Lipinski definition) is 1. The van der Waals surface area contributed by atoms with E-state index < -0.39 is 0 Å². The van der Waals surface area contributed by atoms with E-state index in [-0.39, 0.29) is 0 Å². The zero-order chi connectivity index (χ0) is 13.0. The van der Waals surface area contributed by atoms with E-state index in [0.717, 1.165) is 19.4 Å². The fourth-order valence-corrected chi connectivity index (χ4v) is 2.07. The molecule has 96 valence electrons.